The summed E-state index contributed by atoms with van der Waals surface area (Å²) in [6.45, 7) is 2.41. The van der Waals surface area contributed by atoms with E-state index in [0.29, 0.717) is 6.61 Å². The number of thiophene rings is 1. The molecule has 0 bridgehead atoms. The van der Waals surface area contributed by atoms with Crippen LogP contribution in [-0.2, 0) is 11.3 Å². The quantitative estimate of drug-likeness (QED) is 0.700. The molecule has 4 heteroatoms. The average molecular weight is 234 g/mol. The van der Waals surface area contributed by atoms with E-state index in [-0.39, 0.29) is 5.38 Å². The Hall–Kier alpha value is -0.0900. The Kier molecular flexibility index (Phi) is 5.48. The largest absolute Gasteiger partial charge is 0.383 e. The van der Waals surface area contributed by atoms with Crippen molar-refractivity contribution in [1.29, 1.82) is 0 Å². The molecule has 0 amide bonds. The Balaban J connectivity index is 2.25. The molecule has 1 aromatic heterocycles. The van der Waals surface area contributed by atoms with Gasteiger partial charge in [-0.2, -0.15) is 11.3 Å². The molecule has 0 aliphatic heterocycles. The van der Waals surface area contributed by atoms with Crippen molar-refractivity contribution in [1.82, 2.24) is 4.90 Å². The molecule has 0 saturated heterocycles. The van der Waals surface area contributed by atoms with Crippen molar-refractivity contribution in [2.45, 2.75) is 11.9 Å². The van der Waals surface area contributed by atoms with Gasteiger partial charge in [0.15, 0.2) is 0 Å². The molecule has 80 valence electrons. The second kappa shape index (κ2) is 6.40. The molecule has 0 aliphatic carbocycles. The van der Waals surface area contributed by atoms with Crippen molar-refractivity contribution in [3.8, 4) is 0 Å². The molecular weight excluding hydrogens is 218 g/mol. The van der Waals surface area contributed by atoms with Gasteiger partial charge in [-0.3, -0.25) is 0 Å². The summed E-state index contributed by atoms with van der Waals surface area (Å²) >= 11 is 7.78. The first-order valence-electron chi connectivity index (χ1n) is 4.55. The van der Waals surface area contributed by atoms with Gasteiger partial charge in [-0.05, 0) is 29.4 Å². The van der Waals surface area contributed by atoms with E-state index in [4.69, 9.17) is 16.3 Å². The monoisotopic (exact) mass is 233 g/mol. The van der Waals surface area contributed by atoms with Crippen molar-refractivity contribution in [2.24, 2.45) is 0 Å². The lowest BCUT2D eigenvalue weighted by Crippen LogP contribution is -2.28. The number of ether oxygens (including phenoxy) is 1. The molecule has 1 rings (SSSR count). The molecule has 0 saturated carbocycles. The van der Waals surface area contributed by atoms with Gasteiger partial charge in [0.25, 0.3) is 0 Å². The van der Waals surface area contributed by atoms with Crippen molar-refractivity contribution < 1.29 is 4.74 Å². The third-order valence-corrected chi connectivity index (χ3v) is 2.89. The maximum Gasteiger partial charge on any atom is 0.0696 e. The van der Waals surface area contributed by atoms with Crippen LogP contribution in [0.4, 0.5) is 0 Å². The van der Waals surface area contributed by atoms with Gasteiger partial charge >= 0.3 is 0 Å². The Morgan fingerprint density at radius 3 is 3.00 bits per heavy atom. The van der Waals surface area contributed by atoms with Crippen molar-refractivity contribution in [3.63, 3.8) is 0 Å². The lowest BCUT2D eigenvalue weighted by molar-refractivity contribution is 0.181. The molecule has 2 nitrogen and oxygen atoms in total. The summed E-state index contributed by atoms with van der Waals surface area (Å²) in [5.74, 6) is 0. The molecule has 0 fully saturated rings. The molecule has 0 spiro atoms. The third-order valence-electron chi connectivity index (χ3n) is 1.89. The summed E-state index contributed by atoms with van der Waals surface area (Å²) in [5, 5.41) is 4.33. The predicted octanol–water partition coefficient (Wildman–Crippen LogP) is 2.43. The van der Waals surface area contributed by atoms with Crippen LogP contribution in [0.3, 0.4) is 0 Å². The highest BCUT2D eigenvalue weighted by Crippen LogP contribution is 2.09. The maximum absolute atomic E-state index is 6.05. The minimum atomic E-state index is 0.0728. The van der Waals surface area contributed by atoms with E-state index in [1.807, 2.05) is 0 Å². The van der Waals surface area contributed by atoms with E-state index < -0.39 is 0 Å². The number of alkyl halides is 1. The van der Waals surface area contributed by atoms with Gasteiger partial charge in [-0.1, -0.05) is 0 Å². The smallest absolute Gasteiger partial charge is 0.0696 e. The van der Waals surface area contributed by atoms with Crippen LogP contribution in [0.1, 0.15) is 5.56 Å². The zero-order valence-corrected chi connectivity index (χ0v) is 10.1. The fraction of sp³-hybridized carbons (Fsp3) is 0.600. The van der Waals surface area contributed by atoms with Crippen LogP contribution in [0.15, 0.2) is 16.8 Å². The Bertz CT molecular complexity index is 240. The summed E-state index contributed by atoms with van der Waals surface area (Å²) in [6.07, 6.45) is 0. The second-order valence-corrected chi connectivity index (χ2v) is 4.78. The minimum absolute atomic E-state index is 0.0728. The first kappa shape index (κ1) is 12.0. The molecule has 1 aromatic rings. The van der Waals surface area contributed by atoms with Gasteiger partial charge in [0, 0.05) is 20.2 Å². The fourth-order valence-corrected chi connectivity index (χ4v) is 2.35. The average Bonchev–Trinajstić information content (AvgIpc) is 2.56. The number of methoxy groups -OCH3 is 1. The molecule has 1 unspecified atom stereocenters. The number of nitrogens with zero attached hydrogens (tertiary/aromatic N) is 1. The van der Waals surface area contributed by atoms with E-state index in [1.165, 1.54) is 5.56 Å². The lowest BCUT2D eigenvalue weighted by atomic mass is 10.3. The highest BCUT2D eigenvalue weighted by molar-refractivity contribution is 7.07. The van der Waals surface area contributed by atoms with Crippen LogP contribution >= 0.6 is 22.9 Å². The van der Waals surface area contributed by atoms with Crippen LogP contribution in [-0.4, -0.2) is 37.6 Å². The van der Waals surface area contributed by atoms with Crippen molar-refractivity contribution >= 4 is 22.9 Å². The zero-order chi connectivity index (χ0) is 10.4. The number of halogens is 1. The van der Waals surface area contributed by atoms with Crippen molar-refractivity contribution in [3.05, 3.63) is 22.4 Å². The van der Waals surface area contributed by atoms with E-state index in [1.54, 1.807) is 18.4 Å². The van der Waals surface area contributed by atoms with E-state index >= 15 is 0 Å². The van der Waals surface area contributed by atoms with Crippen LogP contribution < -0.4 is 0 Å². The molecule has 1 atom stereocenters. The Labute approximate surface area is 94.4 Å². The molecule has 0 N–H and O–H groups in total. The van der Waals surface area contributed by atoms with Gasteiger partial charge in [0.1, 0.15) is 0 Å². The van der Waals surface area contributed by atoms with Gasteiger partial charge < -0.3 is 9.64 Å². The highest BCUT2D eigenvalue weighted by atomic mass is 35.5. The number of hydrogen-bond donors (Lipinski definition) is 0. The van der Waals surface area contributed by atoms with Gasteiger partial charge in [-0.25, -0.2) is 0 Å². The summed E-state index contributed by atoms with van der Waals surface area (Å²) in [5.41, 5.74) is 1.35. The molecule has 0 aromatic carbocycles. The molecule has 14 heavy (non-hydrogen) atoms. The van der Waals surface area contributed by atoms with Crippen LogP contribution in [0.5, 0.6) is 0 Å². The SMILES string of the molecule is COCC(Cl)CN(C)Cc1ccsc1. The fourth-order valence-electron chi connectivity index (χ4n) is 1.33. The van der Waals surface area contributed by atoms with Gasteiger partial charge in [0.2, 0.25) is 0 Å². The van der Waals surface area contributed by atoms with E-state index in [9.17, 15) is 0 Å². The summed E-state index contributed by atoms with van der Waals surface area (Å²) < 4.78 is 4.98. The summed E-state index contributed by atoms with van der Waals surface area (Å²) in [7, 11) is 3.75. The highest BCUT2D eigenvalue weighted by Gasteiger charge is 2.08. The normalized spacial score (nSPS) is 13.4. The topological polar surface area (TPSA) is 12.5 Å². The first-order chi connectivity index (χ1) is 6.72. The number of hydrogen-bond acceptors (Lipinski definition) is 3. The number of rotatable bonds is 6. The Morgan fingerprint density at radius 2 is 2.43 bits per heavy atom. The molecule has 0 radical (unpaired) electrons. The minimum Gasteiger partial charge on any atom is -0.383 e. The second-order valence-electron chi connectivity index (χ2n) is 3.38. The third kappa shape index (κ3) is 4.42. The Morgan fingerprint density at radius 1 is 1.64 bits per heavy atom. The summed E-state index contributed by atoms with van der Waals surface area (Å²) in [6, 6.07) is 2.14. The standard InChI is InChI=1S/C10H16ClNOS/c1-12(6-10(11)7-13-2)5-9-3-4-14-8-9/h3-4,8,10H,5-7H2,1-2H3. The maximum atomic E-state index is 6.05. The van der Waals surface area contributed by atoms with Gasteiger partial charge in [0.05, 0.1) is 12.0 Å². The van der Waals surface area contributed by atoms with E-state index in [0.717, 1.165) is 13.1 Å². The molecule has 1 heterocycles. The first-order valence-corrected chi connectivity index (χ1v) is 5.93. The summed E-state index contributed by atoms with van der Waals surface area (Å²) in [4.78, 5) is 2.21. The predicted molar refractivity (Wildman–Crippen MR) is 62.2 cm³/mol. The van der Waals surface area contributed by atoms with Gasteiger partial charge in [-0.15, -0.1) is 11.6 Å². The zero-order valence-electron chi connectivity index (χ0n) is 8.57. The van der Waals surface area contributed by atoms with Crippen LogP contribution in [0.2, 0.25) is 0 Å². The van der Waals surface area contributed by atoms with Crippen LogP contribution in [0.25, 0.3) is 0 Å². The van der Waals surface area contributed by atoms with Crippen molar-refractivity contribution in [2.75, 3.05) is 27.3 Å². The van der Waals surface area contributed by atoms with Crippen LogP contribution in [0, 0.1) is 0 Å². The molecular formula is C10H16ClNOS. The lowest BCUT2D eigenvalue weighted by Gasteiger charge is -2.18. The molecule has 0 aliphatic rings. The van der Waals surface area contributed by atoms with E-state index in [2.05, 4.69) is 28.8 Å².